The summed E-state index contributed by atoms with van der Waals surface area (Å²) in [6.45, 7) is 3.20. The van der Waals surface area contributed by atoms with E-state index in [9.17, 15) is 0 Å². The van der Waals surface area contributed by atoms with Crippen molar-refractivity contribution < 1.29 is 0 Å². The summed E-state index contributed by atoms with van der Waals surface area (Å²) in [5.74, 6) is 0. The lowest BCUT2D eigenvalue weighted by molar-refractivity contribution is 0.498. The first-order chi connectivity index (χ1) is 8.90. The Hall–Kier alpha value is -1.12. The van der Waals surface area contributed by atoms with E-state index in [-0.39, 0.29) is 0 Å². The first-order valence-corrected chi connectivity index (χ1v) is 7.64. The van der Waals surface area contributed by atoms with Crippen LogP contribution in [0.5, 0.6) is 0 Å². The molecule has 1 atom stereocenters. The predicted octanol–water partition coefficient (Wildman–Crippen LogP) is 4.42. The van der Waals surface area contributed by atoms with Crippen LogP contribution in [0, 0.1) is 0 Å². The maximum absolute atomic E-state index is 3.58. The third-order valence-electron chi connectivity index (χ3n) is 3.19. The van der Waals surface area contributed by atoms with Crippen LogP contribution < -0.4 is 5.32 Å². The maximum Gasteiger partial charge on any atom is 0.0320 e. The fourth-order valence-electron chi connectivity index (χ4n) is 2.26. The molecule has 2 aromatic rings. The van der Waals surface area contributed by atoms with E-state index in [1.807, 2.05) is 0 Å². The van der Waals surface area contributed by atoms with Gasteiger partial charge in [0.1, 0.15) is 0 Å². The van der Waals surface area contributed by atoms with Gasteiger partial charge in [0, 0.05) is 6.04 Å². The van der Waals surface area contributed by atoms with Crippen LogP contribution in [-0.2, 0) is 6.42 Å². The Bertz CT molecular complexity index is 422. The Balaban J connectivity index is 1.87. The average molecular weight is 259 g/mol. The minimum Gasteiger partial charge on any atom is -0.310 e. The molecule has 0 saturated carbocycles. The summed E-state index contributed by atoms with van der Waals surface area (Å²) in [5.41, 5.74) is 2.88. The Kier molecular flexibility index (Phi) is 5.43. The van der Waals surface area contributed by atoms with Crippen LogP contribution in [-0.4, -0.2) is 6.54 Å². The third kappa shape index (κ3) is 3.97. The molecule has 2 rings (SSSR count). The molecule has 18 heavy (non-hydrogen) atoms. The molecule has 1 nitrogen and oxygen atoms in total. The highest BCUT2D eigenvalue weighted by molar-refractivity contribution is 7.07. The molecule has 0 aliphatic rings. The molecule has 0 bridgehead atoms. The second-order valence-electron chi connectivity index (χ2n) is 4.54. The van der Waals surface area contributed by atoms with Gasteiger partial charge in [-0.25, -0.2) is 0 Å². The van der Waals surface area contributed by atoms with Gasteiger partial charge in [0.05, 0.1) is 0 Å². The average Bonchev–Trinajstić information content (AvgIpc) is 2.92. The van der Waals surface area contributed by atoms with Gasteiger partial charge in [0.15, 0.2) is 0 Å². The van der Waals surface area contributed by atoms with Crippen LogP contribution >= 0.6 is 11.3 Å². The smallest absolute Gasteiger partial charge is 0.0320 e. The minimum absolute atomic E-state index is 0.495. The van der Waals surface area contributed by atoms with E-state index in [1.165, 1.54) is 30.4 Å². The standard InChI is InChI=1S/C16H21NS/c1-2-17-16(15-8-4-3-5-9-15)10-6-7-14-11-12-18-13-14/h3-5,8-9,11-13,16-17H,2,6-7,10H2,1H3. The summed E-state index contributed by atoms with van der Waals surface area (Å²) < 4.78 is 0. The van der Waals surface area contributed by atoms with Gasteiger partial charge < -0.3 is 5.32 Å². The van der Waals surface area contributed by atoms with Crippen LogP contribution in [0.2, 0.25) is 0 Å². The largest absolute Gasteiger partial charge is 0.310 e. The fourth-order valence-corrected chi connectivity index (χ4v) is 2.97. The molecule has 0 aliphatic heterocycles. The minimum atomic E-state index is 0.495. The molecule has 1 aromatic carbocycles. The lowest BCUT2D eigenvalue weighted by Gasteiger charge is -2.18. The summed E-state index contributed by atoms with van der Waals surface area (Å²) in [5, 5.41) is 8.00. The molecule has 0 saturated heterocycles. The van der Waals surface area contributed by atoms with Gasteiger partial charge in [-0.05, 0) is 53.8 Å². The van der Waals surface area contributed by atoms with Crippen LogP contribution in [0.1, 0.15) is 36.9 Å². The van der Waals surface area contributed by atoms with Crippen molar-refractivity contribution >= 4 is 11.3 Å². The monoisotopic (exact) mass is 259 g/mol. The van der Waals surface area contributed by atoms with Crippen LogP contribution in [0.4, 0.5) is 0 Å². The van der Waals surface area contributed by atoms with Crippen LogP contribution in [0.3, 0.4) is 0 Å². The van der Waals surface area contributed by atoms with Gasteiger partial charge in [-0.15, -0.1) is 0 Å². The molecule has 1 unspecified atom stereocenters. The highest BCUT2D eigenvalue weighted by Crippen LogP contribution is 2.20. The van der Waals surface area contributed by atoms with Gasteiger partial charge >= 0.3 is 0 Å². The number of benzene rings is 1. The Morgan fingerprint density at radius 1 is 1.17 bits per heavy atom. The van der Waals surface area contributed by atoms with Gasteiger partial charge in [-0.3, -0.25) is 0 Å². The second-order valence-corrected chi connectivity index (χ2v) is 5.32. The summed E-state index contributed by atoms with van der Waals surface area (Å²) in [6.07, 6.45) is 3.63. The van der Waals surface area contributed by atoms with Crippen molar-refractivity contribution in [2.24, 2.45) is 0 Å². The number of aryl methyl sites for hydroxylation is 1. The van der Waals surface area contributed by atoms with Crippen LogP contribution in [0.15, 0.2) is 47.2 Å². The van der Waals surface area contributed by atoms with Crippen molar-refractivity contribution in [1.82, 2.24) is 5.32 Å². The summed E-state index contributed by atoms with van der Waals surface area (Å²) in [7, 11) is 0. The van der Waals surface area contributed by atoms with Crippen molar-refractivity contribution in [3.8, 4) is 0 Å². The molecule has 0 aliphatic carbocycles. The zero-order valence-corrected chi connectivity index (χ0v) is 11.7. The van der Waals surface area contributed by atoms with Crippen molar-refractivity contribution in [1.29, 1.82) is 0 Å². The molecule has 2 heteroatoms. The molecule has 0 radical (unpaired) electrons. The Morgan fingerprint density at radius 3 is 2.67 bits per heavy atom. The number of nitrogens with one attached hydrogen (secondary N) is 1. The van der Waals surface area contributed by atoms with Gasteiger partial charge in [-0.2, -0.15) is 11.3 Å². The number of hydrogen-bond acceptors (Lipinski definition) is 2. The summed E-state index contributed by atoms with van der Waals surface area (Å²) >= 11 is 1.79. The molecule has 1 N–H and O–H groups in total. The zero-order chi connectivity index (χ0) is 12.6. The predicted molar refractivity (Wildman–Crippen MR) is 80.1 cm³/mol. The van der Waals surface area contributed by atoms with E-state index in [2.05, 4.69) is 59.4 Å². The van der Waals surface area contributed by atoms with E-state index in [0.29, 0.717) is 6.04 Å². The Morgan fingerprint density at radius 2 is 2.00 bits per heavy atom. The molecule has 0 spiro atoms. The van der Waals surface area contributed by atoms with Crippen LogP contribution in [0.25, 0.3) is 0 Å². The highest BCUT2D eigenvalue weighted by Gasteiger charge is 2.09. The van der Waals surface area contributed by atoms with E-state index in [1.54, 1.807) is 11.3 Å². The van der Waals surface area contributed by atoms with E-state index in [4.69, 9.17) is 0 Å². The van der Waals surface area contributed by atoms with Crippen molar-refractivity contribution in [3.63, 3.8) is 0 Å². The van der Waals surface area contributed by atoms with E-state index in [0.717, 1.165) is 6.54 Å². The van der Waals surface area contributed by atoms with Gasteiger partial charge in [0.25, 0.3) is 0 Å². The molecular weight excluding hydrogens is 238 g/mol. The van der Waals surface area contributed by atoms with E-state index < -0.39 is 0 Å². The van der Waals surface area contributed by atoms with Gasteiger partial charge in [0.2, 0.25) is 0 Å². The SMILES string of the molecule is CCNC(CCCc1ccsc1)c1ccccc1. The molecule has 0 fully saturated rings. The number of thiophene rings is 1. The van der Waals surface area contributed by atoms with Crippen molar-refractivity contribution in [2.75, 3.05) is 6.54 Å². The normalized spacial score (nSPS) is 12.5. The first kappa shape index (κ1) is 13.3. The van der Waals surface area contributed by atoms with E-state index >= 15 is 0 Å². The Labute approximate surface area is 114 Å². The molecule has 1 aromatic heterocycles. The lowest BCUT2D eigenvalue weighted by atomic mass is 10.00. The maximum atomic E-state index is 3.58. The summed E-state index contributed by atoms with van der Waals surface area (Å²) in [6, 6.07) is 13.5. The van der Waals surface area contributed by atoms with Crippen molar-refractivity contribution in [3.05, 3.63) is 58.3 Å². The third-order valence-corrected chi connectivity index (χ3v) is 3.92. The quantitative estimate of drug-likeness (QED) is 0.776. The molecule has 0 amide bonds. The molecule has 1 heterocycles. The number of hydrogen-bond donors (Lipinski definition) is 1. The fraction of sp³-hybridized carbons (Fsp3) is 0.375. The molecule has 96 valence electrons. The first-order valence-electron chi connectivity index (χ1n) is 6.69. The van der Waals surface area contributed by atoms with Gasteiger partial charge in [-0.1, -0.05) is 37.3 Å². The summed E-state index contributed by atoms with van der Waals surface area (Å²) in [4.78, 5) is 0. The number of rotatable bonds is 7. The van der Waals surface area contributed by atoms with Crippen molar-refractivity contribution in [2.45, 2.75) is 32.2 Å². The second kappa shape index (κ2) is 7.34. The lowest BCUT2D eigenvalue weighted by Crippen LogP contribution is -2.20. The topological polar surface area (TPSA) is 12.0 Å². The highest BCUT2D eigenvalue weighted by atomic mass is 32.1. The zero-order valence-electron chi connectivity index (χ0n) is 10.9. The molecular formula is C16H21NS.